The molecule has 114 valence electrons. The summed E-state index contributed by atoms with van der Waals surface area (Å²) in [5.74, 6) is -0.582. The van der Waals surface area contributed by atoms with E-state index >= 15 is 0 Å². The minimum atomic E-state index is -3.51. The summed E-state index contributed by atoms with van der Waals surface area (Å²) >= 11 is 1.19. The molecule has 7 nitrogen and oxygen atoms in total. The fourth-order valence-electron chi connectivity index (χ4n) is 1.36. The van der Waals surface area contributed by atoms with E-state index in [9.17, 15) is 13.2 Å². The maximum Gasteiger partial charge on any atom is 0.252 e. The van der Waals surface area contributed by atoms with Gasteiger partial charge < -0.3 is 5.32 Å². The molecule has 21 heavy (non-hydrogen) atoms. The Hall–Kier alpha value is -1.71. The number of nitrogens with one attached hydrogen (secondary N) is 2. The predicted octanol–water partition coefficient (Wildman–Crippen LogP) is 1.13. The molecule has 0 aliphatic heterocycles. The first-order valence-electron chi connectivity index (χ1n) is 5.65. The van der Waals surface area contributed by atoms with Crippen LogP contribution in [-0.2, 0) is 10.0 Å². The van der Waals surface area contributed by atoms with Gasteiger partial charge in [-0.1, -0.05) is 0 Å². The number of aromatic nitrogens is 2. The molecule has 2 rings (SSSR count). The molecule has 0 saturated carbocycles. The van der Waals surface area contributed by atoms with Crippen LogP contribution in [0.4, 0.5) is 5.13 Å². The van der Waals surface area contributed by atoms with Gasteiger partial charge in [-0.15, -0.1) is 23.7 Å². The van der Waals surface area contributed by atoms with E-state index in [1.165, 1.54) is 23.7 Å². The van der Waals surface area contributed by atoms with Gasteiger partial charge in [0.1, 0.15) is 0 Å². The molecule has 0 saturated heterocycles. The summed E-state index contributed by atoms with van der Waals surface area (Å²) in [7, 11) is -3.51. The Morgan fingerprint density at radius 3 is 2.76 bits per heavy atom. The van der Waals surface area contributed by atoms with E-state index in [0.717, 1.165) is 0 Å². The first-order valence-corrected chi connectivity index (χ1v) is 8.18. The summed E-state index contributed by atoms with van der Waals surface area (Å²) in [5.41, 5.74) is 0.387. The highest BCUT2D eigenvalue weighted by molar-refractivity contribution is 7.92. The van der Waals surface area contributed by atoms with Crippen LogP contribution in [0.3, 0.4) is 0 Å². The summed E-state index contributed by atoms with van der Waals surface area (Å²) in [6, 6.07) is 3.24. The minimum absolute atomic E-state index is 0. The Morgan fingerprint density at radius 1 is 1.33 bits per heavy atom. The van der Waals surface area contributed by atoms with Crippen molar-refractivity contribution < 1.29 is 13.2 Å². The average molecular weight is 349 g/mol. The molecule has 0 atom stereocenters. The molecule has 2 aromatic heterocycles. The van der Waals surface area contributed by atoms with Crippen molar-refractivity contribution in [1.82, 2.24) is 15.3 Å². The van der Waals surface area contributed by atoms with Crippen LogP contribution < -0.4 is 10.0 Å². The lowest BCUT2D eigenvalue weighted by atomic mass is 10.3. The van der Waals surface area contributed by atoms with E-state index in [0.29, 0.717) is 10.7 Å². The maximum absolute atomic E-state index is 11.7. The molecule has 0 spiro atoms. The number of thiazole rings is 1. The van der Waals surface area contributed by atoms with Crippen molar-refractivity contribution in [1.29, 1.82) is 0 Å². The van der Waals surface area contributed by atoms with E-state index in [1.807, 2.05) is 0 Å². The fraction of sp³-hybridized carbons (Fsp3) is 0.182. The van der Waals surface area contributed by atoms with Gasteiger partial charge in [0.05, 0.1) is 11.3 Å². The van der Waals surface area contributed by atoms with Gasteiger partial charge in [0, 0.05) is 30.5 Å². The molecule has 2 N–H and O–H groups in total. The van der Waals surface area contributed by atoms with Gasteiger partial charge in [0.15, 0.2) is 5.13 Å². The van der Waals surface area contributed by atoms with E-state index in [4.69, 9.17) is 0 Å². The van der Waals surface area contributed by atoms with Crippen molar-refractivity contribution >= 4 is 44.8 Å². The van der Waals surface area contributed by atoms with Crippen molar-refractivity contribution in [3.05, 3.63) is 41.7 Å². The van der Waals surface area contributed by atoms with E-state index in [1.54, 1.807) is 23.7 Å². The van der Waals surface area contributed by atoms with Crippen LogP contribution >= 0.6 is 23.7 Å². The van der Waals surface area contributed by atoms with E-state index < -0.39 is 10.0 Å². The van der Waals surface area contributed by atoms with Gasteiger partial charge >= 0.3 is 0 Å². The van der Waals surface area contributed by atoms with Gasteiger partial charge in [-0.25, -0.2) is 13.4 Å². The molecule has 2 aromatic rings. The molecular formula is C11H13ClN4O3S2. The highest BCUT2D eigenvalue weighted by Crippen LogP contribution is 2.12. The first kappa shape index (κ1) is 17.3. The Labute approximate surface area is 132 Å². The zero-order chi connectivity index (χ0) is 14.4. The average Bonchev–Trinajstić information content (AvgIpc) is 2.91. The zero-order valence-electron chi connectivity index (χ0n) is 10.7. The SMILES string of the molecule is Cl.O=C(NCCS(=O)(=O)Nc1nccs1)c1cccnc1. The first-order chi connectivity index (χ1) is 9.57. The van der Waals surface area contributed by atoms with Crippen LogP contribution in [-0.4, -0.2) is 36.6 Å². The number of rotatable bonds is 6. The largest absolute Gasteiger partial charge is 0.351 e. The number of amides is 1. The van der Waals surface area contributed by atoms with Gasteiger partial charge in [-0.05, 0) is 12.1 Å². The maximum atomic E-state index is 11.7. The summed E-state index contributed by atoms with van der Waals surface area (Å²) in [5, 5.41) is 4.50. The predicted molar refractivity (Wildman–Crippen MR) is 83.3 cm³/mol. The third kappa shape index (κ3) is 5.66. The van der Waals surface area contributed by atoms with Crippen molar-refractivity contribution in [2.75, 3.05) is 17.0 Å². The molecule has 0 radical (unpaired) electrons. The molecule has 0 fully saturated rings. The van der Waals surface area contributed by atoms with Crippen molar-refractivity contribution in [2.45, 2.75) is 0 Å². The molecule has 0 aliphatic carbocycles. The quantitative estimate of drug-likeness (QED) is 0.815. The lowest BCUT2D eigenvalue weighted by Crippen LogP contribution is -2.31. The van der Waals surface area contributed by atoms with Crippen LogP contribution in [0.15, 0.2) is 36.1 Å². The third-order valence-electron chi connectivity index (χ3n) is 2.26. The van der Waals surface area contributed by atoms with Crippen LogP contribution in [0.1, 0.15) is 10.4 Å². The Balaban J connectivity index is 0.00000220. The molecule has 0 unspecified atom stereocenters. The number of hydrogen-bond acceptors (Lipinski definition) is 6. The standard InChI is InChI=1S/C11H12N4O3S2.ClH/c16-10(9-2-1-3-12-8-9)13-5-7-20(17,18)15-11-14-4-6-19-11;/h1-4,6,8H,5,7H2,(H,13,16)(H,14,15);1H. The molecule has 2 heterocycles. The van der Waals surface area contributed by atoms with Crippen molar-refractivity contribution in [2.24, 2.45) is 0 Å². The summed E-state index contributed by atoms with van der Waals surface area (Å²) in [4.78, 5) is 19.3. The Bertz CT molecular complexity index is 662. The fourth-order valence-corrected chi connectivity index (χ4v) is 3.09. The van der Waals surface area contributed by atoms with Crippen molar-refractivity contribution in [3.8, 4) is 0 Å². The Morgan fingerprint density at radius 2 is 2.14 bits per heavy atom. The molecule has 10 heteroatoms. The number of nitrogens with zero attached hydrogens (tertiary/aromatic N) is 2. The van der Waals surface area contributed by atoms with Crippen LogP contribution in [0.25, 0.3) is 0 Å². The lowest BCUT2D eigenvalue weighted by molar-refractivity contribution is 0.0956. The number of hydrogen-bond donors (Lipinski definition) is 2. The zero-order valence-corrected chi connectivity index (χ0v) is 13.2. The minimum Gasteiger partial charge on any atom is -0.351 e. The summed E-state index contributed by atoms with van der Waals surface area (Å²) < 4.78 is 25.7. The smallest absolute Gasteiger partial charge is 0.252 e. The molecular weight excluding hydrogens is 336 g/mol. The second-order valence-corrected chi connectivity index (χ2v) is 6.49. The Kier molecular flexibility index (Phi) is 6.53. The normalized spacial score (nSPS) is 10.5. The summed E-state index contributed by atoms with van der Waals surface area (Å²) in [6.45, 7) is 0.00837. The number of carbonyl (C=O) groups excluding carboxylic acids is 1. The van der Waals surface area contributed by atoms with Crippen molar-refractivity contribution in [3.63, 3.8) is 0 Å². The second kappa shape index (κ2) is 7.91. The van der Waals surface area contributed by atoms with Crippen LogP contribution in [0.5, 0.6) is 0 Å². The van der Waals surface area contributed by atoms with E-state index in [2.05, 4.69) is 20.0 Å². The molecule has 0 aliphatic rings. The van der Waals surface area contributed by atoms with Gasteiger partial charge in [-0.3, -0.25) is 14.5 Å². The number of pyridine rings is 1. The number of sulfonamides is 1. The van der Waals surface area contributed by atoms with E-state index in [-0.39, 0.29) is 30.6 Å². The number of halogens is 1. The number of anilines is 1. The lowest BCUT2D eigenvalue weighted by Gasteiger charge is -2.06. The molecule has 1 amide bonds. The van der Waals surface area contributed by atoms with Crippen LogP contribution in [0.2, 0.25) is 0 Å². The molecule has 0 aromatic carbocycles. The second-order valence-electron chi connectivity index (χ2n) is 3.76. The monoisotopic (exact) mass is 348 g/mol. The van der Waals surface area contributed by atoms with Gasteiger partial charge in [-0.2, -0.15) is 0 Å². The highest BCUT2D eigenvalue weighted by Gasteiger charge is 2.13. The highest BCUT2D eigenvalue weighted by atomic mass is 35.5. The number of carbonyl (C=O) groups is 1. The van der Waals surface area contributed by atoms with Gasteiger partial charge in [0.25, 0.3) is 5.91 Å². The van der Waals surface area contributed by atoms with Crippen LogP contribution in [0, 0.1) is 0 Å². The summed E-state index contributed by atoms with van der Waals surface area (Å²) in [6.07, 6.45) is 4.48. The third-order valence-corrected chi connectivity index (χ3v) is 4.32. The van der Waals surface area contributed by atoms with Gasteiger partial charge in [0.2, 0.25) is 10.0 Å². The molecule has 0 bridgehead atoms. The topological polar surface area (TPSA) is 101 Å².